The Hall–Kier alpha value is -0.410. The van der Waals surface area contributed by atoms with E-state index in [4.69, 9.17) is 0 Å². The average molecular weight is 224 g/mol. The molecule has 0 aromatic rings. The highest BCUT2D eigenvalue weighted by atomic mass is 16.1. The molecule has 1 aliphatic heterocycles. The Morgan fingerprint density at radius 2 is 2.12 bits per heavy atom. The van der Waals surface area contributed by atoms with E-state index in [9.17, 15) is 4.79 Å². The molecule has 0 radical (unpaired) electrons. The van der Waals surface area contributed by atoms with E-state index in [1.165, 1.54) is 25.8 Å². The molecular weight excluding hydrogens is 200 g/mol. The Morgan fingerprint density at radius 1 is 1.31 bits per heavy atom. The molecule has 1 saturated carbocycles. The van der Waals surface area contributed by atoms with Gasteiger partial charge in [0.15, 0.2) is 0 Å². The lowest BCUT2D eigenvalue weighted by Crippen LogP contribution is -2.45. The zero-order valence-corrected chi connectivity index (χ0v) is 10.6. The molecule has 2 rings (SSSR count). The first kappa shape index (κ1) is 12.1. The number of hydrogen-bond donors (Lipinski definition) is 0. The summed E-state index contributed by atoms with van der Waals surface area (Å²) in [5.74, 6) is 0.478. The van der Waals surface area contributed by atoms with Crippen molar-refractivity contribution >= 4 is 5.78 Å². The Labute approximate surface area is 98.8 Å². The van der Waals surface area contributed by atoms with Gasteiger partial charge < -0.3 is 4.90 Å². The van der Waals surface area contributed by atoms with E-state index in [1.807, 2.05) is 0 Å². The first-order valence-electron chi connectivity index (χ1n) is 6.59. The van der Waals surface area contributed by atoms with Crippen LogP contribution >= 0.6 is 0 Å². The van der Waals surface area contributed by atoms with E-state index in [2.05, 4.69) is 23.9 Å². The lowest BCUT2D eigenvalue weighted by molar-refractivity contribution is -0.122. The highest BCUT2D eigenvalue weighted by molar-refractivity contribution is 5.79. The number of ketones is 1. The van der Waals surface area contributed by atoms with Gasteiger partial charge in [-0.1, -0.05) is 0 Å². The summed E-state index contributed by atoms with van der Waals surface area (Å²) in [6.45, 7) is 2.35. The number of likely N-dealkylation sites (N-methyl/N-ethyl adjacent to an activating group) is 1. The molecule has 0 bridgehead atoms. The standard InChI is InChI=1S/C13H24N2O/c1-14(2)10-12-6-4-8-15(12)11-5-3-7-13(16)9-11/h11-12H,3-10H2,1-2H3. The van der Waals surface area contributed by atoms with Crippen molar-refractivity contribution in [2.75, 3.05) is 27.2 Å². The molecule has 1 heterocycles. The van der Waals surface area contributed by atoms with Gasteiger partial charge in [0.2, 0.25) is 0 Å². The van der Waals surface area contributed by atoms with Crippen LogP contribution in [-0.2, 0) is 4.79 Å². The minimum Gasteiger partial charge on any atom is -0.308 e. The summed E-state index contributed by atoms with van der Waals surface area (Å²) < 4.78 is 0. The molecule has 2 unspecified atom stereocenters. The number of hydrogen-bond acceptors (Lipinski definition) is 3. The number of carbonyl (C=O) groups is 1. The van der Waals surface area contributed by atoms with Gasteiger partial charge in [-0.25, -0.2) is 0 Å². The van der Waals surface area contributed by atoms with Gasteiger partial charge in [-0.15, -0.1) is 0 Å². The van der Waals surface area contributed by atoms with E-state index in [0.29, 0.717) is 17.9 Å². The Balaban J connectivity index is 1.93. The van der Waals surface area contributed by atoms with E-state index >= 15 is 0 Å². The van der Waals surface area contributed by atoms with Gasteiger partial charge in [-0.3, -0.25) is 9.69 Å². The predicted molar refractivity (Wildman–Crippen MR) is 65.5 cm³/mol. The summed E-state index contributed by atoms with van der Waals surface area (Å²) in [6, 6.07) is 1.24. The van der Waals surface area contributed by atoms with Crippen LogP contribution < -0.4 is 0 Å². The molecule has 0 aromatic carbocycles. The fourth-order valence-corrected chi connectivity index (χ4v) is 3.24. The fraction of sp³-hybridized carbons (Fsp3) is 0.923. The second kappa shape index (κ2) is 5.28. The molecule has 2 atom stereocenters. The third kappa shape index (κ3) is 2.83. The molecule has 16 heavy (non-hydrogen) atoms. The van der Waals surface area contributed by atoms with Gasteiger partial charge >= 0.3 is 0 Å². The molecule has 1 saturated heterocycles. The van der Waals surface area contributed by atoms with Crippen molar-refractivity contribution in [3.05, 3.63) is 0 Å². The number of Topliss-reactive ketones (excluding diaryl/α,β-unsaturated/α-hetero) is 1. The second-order valence-electron chi connectivity index (χ2n) is 5.58. The van der Waals surface area contributed by atoms with Gasteiger partial charge in [0.1, 0.15) is 5.78 Å². The lowest BCUT2D eigenvalue weighted by atomic mass is 9.92. The normalized spacial score (nSPS) is 32.6. The third-order valence-electron chi connectivity index (χ3n) is 3.92. The molecule has 0 aromatic heterocycles. The van der Waals surface area contributed by atoms with Crippen LogP contribution in [0.1, 0.15) is 38.5 Å². The van der Waals surface area contributed by atoms with Crippen molar-refractivity contribution in [2.24, 2.45) is 0 Å². The Morgan fingerprint density at radius 3 is 2.81 bits per heavy atom. The first-order chi connectivity index (χ1) is 7.66. The average Bonchev–Trinajstić information content (AvgIpc) is 2.65. The summed E-state index contributed by atoms with van der Waals surface area (Å²) in [5.41, 5.74) is 0. The number of carbonyl (C=O) groups excluding carboxylic acids is 1. The first-order valence-corrected chi connectivity index (χ1v) is 6.59. The van der Waals surface area contributed by atoms with Crippen molar-refractivity contribution in [1.82, 2.24) is 9.80 Å². The highest BCUT2D eigenvalue weighted by Gasteiger charge is 2.33. The molecule has 0 amide bonds. The lowest BCUT2D eigenvalue weighted by Gasteiger charge is -2.36. The minimum atomic E-state index is 0.478. The van der Waals surface area contributed by atoms with E-state index in [0.717, 1.165) is 25.8 Å². The van der Waals surface area contributed by atoms with Gasteiger partial charge in [0, 0.05) is 31.5 Å². The van der Waals surface area contributed by atoms with Crippen LogP contribution in [0.4, 0.5) is 0 Å². The Kier molecular flexibility index (Phi) is 3.98. The van der Waals surface area contributed by atoms with Crippen LogP contribution in [0.5, 0.6) is 0 Å². The topological polar surface area (TPSA) is 23.6 Å². The number of rotatable bonds is 3. The van der Waals surface area contributed by atoms with E-state index in [1.54, 1.807) is 0 Å². The van der Waals surface area contributed by atoms with Crippen LogP contribution in [0, 0.1) is 0 Å². The molecule has 3 nitrogen and oxygen atoms in total. The van der Waals surface area contributed by atoms with Crippen molar-refractivity contribution in [3.63, 3.8) is 0 Å². The maximum atomic E-state index is 11.5. The van der Waals surface area contributed by atoms with E-state index < -0.39 is 0 Å². The molecule has 2 aliphatic rings. The van der Waals surface area contributed by atoms with Crippen molar-refractivity contribution in [1.29, 1.82) is 0 Å². The maximum absolute atomic E-state index is 11.5. The predicted octanol–water partition coefficient (Wildman–Crippen LogP) is 1.52. The van der Waals surface area contributed by atoms with Gasteiger partial charge in [0.25, 0.3) is 0 Å². The van der Waals surface area contributed by atoms with Crippen LogP contribution in [0.15, 0.2) is 0 Å². The summed E-state index contributed by atoms with van der Waals surface area (Å²) in [5, 5.41) is 0. The number of likely N-dealkylation sites (tertiary alicyclic amines) is 1. The van der Waals surface area contributed by atoms with E-state index in [-0.39, 0.29) is 0 Å². The molecule has 3 heteroatoms. The molecule has 1 aliphatic carbocycles. The second-order valence-corrected chi connectivity index (χ2v) is 5.58. The van der Waals surface area contributed by atoms with Crippen molar-refractivity contribution in [3.8, 4) is 0 Å². The minimum absolute atomic E-state index is 0.478. The zero-order chi connectivity index (χ0) is 11.5. The summed E-state index contributed by atoms with van der Waals surface area (Å²) in [4.78, 5) is 16.4. The van der Waals surface area contributed by atoms with Crippen LogP contribution in [0.2, 0.25) is 0 Å². The van der Waals surface area contributed by atoms with Gasteiger partial charge in [-0.2, -0.15) is 0 Å². The maximum Gasteiger partial charge on any atom is 0.134 e. The fourth-order valence-electron chi connectivity index (χ4n) is 3.24. The van der Waals surface area contributed by atoms with Gasteiger partial charge in [-0.05, 0) is 46.3 Å². The van der Waals surface area contributed by atoms with Crippen LogP contribution in [-0.4, -0.2) is 54.9 Å². The molecular formula is C13H24N2O. The Bertz CT molecular complexity index is 252. The van der Waals surface area contributed by atoms with Crippen LogP contribution in [0.3, 0.4) is 0 Å². The van der Waals surface area contributed by atoms with Crippen LogP contribution in [0.25, 0.3) is 0 Å². The SMILES string of the molecule is CN(C)CC1CCCN1C1CCCC(=O)C1. The van der Waals surface area contributed by atoms with Crippen molar-refractivity contribution in [2.45, 2.75) is 50.6 Å². The zero-order valence-electron chi connectivity index (χ0n) is 10.6. The van der Waals surface area contributed by atoms with Gasteiger partial charge in [0.05, 0.1) is 0 Å². The largest absolute Gasteiger partial charge is 0.308 e. The van der Waals surface area contributed by atoms with Crippen molar-refractivity contribution < 1.29 is 4.79 Å². The number of nitrogens with zero attached hydrogens (tertiary/aromatic N) is 2. The quantitative estimate of drug-likeness (QED) is 0.726. The summed E-state index contributed by atoms with van der Waals surface area (Å²) >= 11 is 0. The molecule has 0 spiro atoms. The summed E-state index contributed by atoms with van der Waals surface area (Å²) in [6.07, 6.45) is 6.59. The monoisotopic (exact) mass is 224 g/mol. The molecule has 92 valence electrons. The summed E-state index contributed by atoms with van der Waals surface area (Å²) in [7, 11) is 4.28. The highest BCUT2D eigenvalue weighted by Crippen LogP contribution is 2.28. The molecule has 0 N–H and O–H groups in total. The third-order valence-corrected chi connectivity index (χ3v) is 3.92. The molecule has 2 fully saturated rings. The smallest absolute Gasteiger partial charge is 0.134 e.